The van der Waals surface area contributed by atoms with Crippen molar-refractivity contribution in [3.05, 3.63) is 30.3 Å². The van der Waals surface area contributed by atoms with E-state index in [0.29, 0.717) is 11.4 Å². The van der Waals surface area contributed by atoms with Gasteiger partial charge in [0, 0.05) is 11.4 Å². The maximum absolute atomic E-state index is 11.3. The summed E-state index contributed by atoms with van der Waals surface area (Å²) in [7, 11) is 0. The van der Waals surface area contributed by atoms with Gasteiger partial charge in [0.2, 0.25) is 0 Å². The second-order valence-electron chi connectivity index (χ2n) is 3.32. The zero-order valence-corrected chi connectivity index (χ0v) is 9.15. The molecule has 0 unspecified atom stereocenters. The van der Waals surface area contributed by atoms with Crippen LogP contribution in [0, 0.1) is 0 Å². The van der Waals surface area contributed by atoms with Gasteiger partial charge in [-0.25, -0.2) is 5.43 Å². The van der Waals surface area contributed by atoms with Crippen LogP contribution in [0.4, 0.5) is 5.69 Å². The second kappa shape index (κ2) is 5.65. The third kappa shape index (κ3) is 3.91. The summed E-state index contributed by atoms with van der Waals surface area (Å²) in [6, 6.07) is 8.74. The zero-order chi connectivity index (χ0) is 12.0. The van der Waals surface area contributed by atoms with E-state index < -0.39 is 11.8 Å². The van der Waals surface area contributed by atoms with Crippen LogP contribution in [0.25, 0.3) is 0 Å². The molecule has 5 nitrogen and oxygen atoms in total. The van der Waals surface area contributed by atoms with Crippen LogP contribution in [0.2, 0.25) is 0 Å². The van der Waals surface area contributed by atoms with Crippen molar-refractivity contribution in [1.82, 2.24) is 5.43 Å². The first kappa shape index (κ1) is 11.9. The summed E-state index contributed by atoms with van der Waals surface area (Å²) in [6.07, 6.45) is 0. The smallest absolute Gasteiger partial charge is 0.318 e. The number of hydrazone groups is 1. The van der Waals surface area contributed by atoms with Gasteiger partial charge in [-0.1, -0.05) is 18.2 Å². The Balaban J connectivity index is 2.53. The fourth-order valence-electron chi connectivity index (χ4n) is 0.923. The molecule has 2 amide bonds. The molecule has 0 spiro atoms. The molecular weight excluding hydrogens is 206 g/mol. The summed E-state index contributed by atoms with van der Waals surface area (Å²) < 4.78 is 0. The highest BCUT2D eigenvalue weighted by Gasteiger charge is 2.12. The molecule has 5 heteroatoms. The highest BCUT2D eigenvalue weighted by atomic mass is 16.2. The molecule has 1 aromatic carbocycles. The number of carbonyl (C=O) groups is 2. The first-order chi connectivity index (χ1) is 7.59. The molecule has 0 saturated carbocycles. The van der Waals surface area contributed by atoms with Gasteiger partial charge in [-0.15, -0.1) is 0 Å². The van der Waals surface area contributed by atoms with E-state index in [9.17, 15) is 9.59 Å². The van der Waals surface area contributed by atoms with Gasteiger partial charge in [0.25, 0.3) is 0 Å². The largest absolute Gasteiger partial charge is 0.329 e. The maximum Gasteiger partial charge on any atom is 0.329 e. The first-order valence-electron chi connectivity index (χ1n) is 4.77. The summed E-state index contributed by atoms with van der Waals surface area (Å²) in [5, 5.41) is 6.09. The summed E-state index contributed by atoms with van der Waals surface area (Å²) in [6.45, 7) is 3.44. The minimum Gasteiger partial charge on any atom is -0.318 e. The quantitative estimate of drug-likeness (QED) is 0.445. The van der Waals surface area contributed by atoms with Gasteiger partial charge in [-0.2, -0.15) is 5.10 Å². The lowest BCUT2D eigenvalue weighted by atomic mass is 10.3. The Bertz CT molecular complexity index is 408. The summed E-state index contributed by atoms with van der Waals surface area (Å²) >= 11 is 0. The number of amides is 2. The lowest BCUT2D eigenvalue weighted by Gasteiger charge is -2.03. The van der Waals surface area contributed by atoms with E-state index in [1.165, 1.54) is 0 Å². The molecule has 0 aromatic heterocycles. The van der Waals surface area contributed by atoms with Crippen LogP contribution >= 0.6 is 0 Å². The van der Waals surface area contributed by atoms with Gasteiger partial charge >= 0.3 is 11.8 Å². The minimum absolute atomic E-state index is 0.569. The van der Waals surface area contributed by atoms with Crippen molar-refractivity contribution in [2.75, 3.05) is 5.32 Å². The average Bonchev–Trinajstić information content (AvgIpc) is 2.27. The van der Waals surface area contributed by atoms with E-state index in [1.807, 2.05) is 6.07 Å². The van der Waals surface area contributed by atoms with Crippen molar-refractivity contribution in [1.29, 1.82) is 0 Å². The predicted octanol–water partition coefficient (Wildman–Crippen LogP) is 1.14. The molecule has 0 radical (unpaired) electrons. The number of hydrogen-bond donors (Lipinski definition) is 2. The zero-order valence-electron chi connectivity index (χ0n) is 9.15. The van der Waals surface area contributed by atoms with Gasteiger partial charge in [0.15, 0.2) is 0 Å². The monoisotopic (exact) mass is 219 g/mol. The standard InChI is InChI=1S/C11H13N3O2/c1-8(2)13-14-11(16)10(15)12-9-6-4-3-5-7-9/h3-7H,1-2H3,(H,12,15)(H,14,16). The molecule has 0 heterocycles. The Morgan fingerprint density at radius 3 is 2.25 bits per heavy atom. The van der Waals surface area contributed by atoms with E-state index in [-0.39, 0.29) is 0 Å². The predicted molar refractivity (Wildman–Crippen MR) is 62.0 cm³/mol. The summed E-state index contributed by atoms with van der Waals surface area (Å²) in [5.74, 6) is -1.53. The number of nitrogens with one attached hydrogen (secondary N) is 2. The van der Waals surface area contributed by atoms with Crippen LogP contribution in [-0.2, 0) is 9.59 Å². The Kier molecular flexibility index (Phi) is 4.20. The van der Waals surface area contributed by atoms with Crippen molar-refractivity contribution in [3.63, 3.8) is 0 Å². The fourth-order valence-corrected chi connectivity index (χ4v) is 0.923. The molecule has 16 heavy (non-hydrogen) atoms. The Labute approximate surface area is 93.5 Å². The minimum atomic E-state index is -0.787. The Hall–Kier alpha value is -2.17. The van der Waals surface area contributed by atoms with Crippen LogP contribution in [0.1, 0.15) is 13.8 Å². The molecule has 2 N–H and O–H groups in total. The average molecular weight is 219 g/mol. The van der Waals surface area contributed by atoms with E-state index in [1.54, 1.807) is 38.1 Å². The normalized spacial score (nSPS) is 9.12. The second-order valence-corrected chi connectivity index (χ2v) is 3.32. The van der Waals surface area contributed by atoms with Crippen molar-refractivity contribution < 1.29 is 9.59 Å². The van der Waals surface area contributed by atoms with Crippen LogP contribution in [0.3, 0.4) is 0 Å². The van der Waals surface area contributed by atoms with Crippen molar-refractivity contribution in [2.45, 2.75) is 13.8 Å². The summed E-state index contributed by atoms with van der Waals surface area (Å²) in [5.41, 5.74) is 3.38. The molecule has 1 rings (SSSR count). The third-order valence-electron chi connectivity index (χ3n) is 1.62. The highest BCUT2D eigenvalue weighted by Crippen LogP contribution is 2.04. The molecule has 84 valence electrons. The Morgan fingerprint density at radius 2 is 1.69 bits per heavy atom. The maximum atomic E-state index is 11.3. The highest BCUT2D eigenvalue weighted by molar-refractivity contribution is 6.39. The molecule has 1 aromatic rings. The summed E-state index contributed by atoms with van der Waals surface area (Å²) in [4.78, 5) is 22.6. The van der Waals surface area contributed by atoms with E-state index >= 15 is 0 Å². The van der Waals surface area contributed by atoms with E-state index in [0.717, 1.165) is 0 Å². The molecular formula is C11H13N3O2. The molecule has 0 saturated heterocycles. The lowest BCUT2D eigenvalue weighted by Crippen LogP contribution is -2.32. The van der Waals surface area contributed by atoms with E-state index in [4.69, 9.17) is 0 Å². The fraction of sp³-hybridized carbons (Fsp3) is 0.182. The number of rotatable bonds is 2. The van der Waals surface area contributed by atoms with E-state index in [2.05, 4.69) is 15.8 Å². The number of nitrogens with zero attached hydrogens (tertiary/aromatic N) is 1. The Morgan fingerprint density at radius 1 is 1.06 bits per heavy atom. The molecule has 0 fully saturated rings. The van der Waals surface area contributed by atoms with Crippen LogP contribution in [0.5, 0.6) is 0 Å². The molecule has 0 bridgehead atoms. The number of para-hydroxylation sites is 1. The number of carbonyl (C=O) groups excluding carboxylic acids is 2. The van der Waals surface area contributed by atoms with Crippen molar-refractivity contribution in [3.8, 4) is 0 Å². The SMILES string of the molecule is CC(C)=NNC(=O)C(=O)Nc1ccccc1. The van der Waals surface area contributed by atoms with Gasteiger partial charge in [-0.3, -0.25) is 9.59 Å². The number of anilines is 1. The number of hydrogen-bond acceptors (Lipinski definition) is 3. The molecule has 0 aliphatic heterocycles. The third-order valence-corrected chi connectivity index (χ3v) is 1.62. The van der Waals surface area contributed by atoms with Gasteiger partial charge in [0.1, 0.15) is 0 Å². The van der Waals surface area contributed by atoms with Crippen LogP contribution in [-0.4, -0.2) is 17.5 Å². The number of benzene rings is 1. The topological polar surface area (TPSA) is 70.6 Å². The molecule has 0 atom stereocenters. The van der Waals surface area contributed by atoms with Crippen molar-refractivity contribution >= 4 is 23.2 Å². The van der Waals surface area contributed by atoms with Gasteiger partial charge < -0.3 is 5.32 Å². The van der Waals surface area contributed by atoms with Crippen molar-refractivity contribution in [2.24, 2.45) is 5.10 Å². The first-order valence-corrected chi connectivity index (χ1v) is 4.77. The van der Waals surface area contributed by atoms with Crippen LogP contribution in [0.15, 0.2) is 35.4 Å². The van der Waals surface area contributed by atoms with Gasteiger partial charge in [0.05, 0.1) is 0 Å². The lowest BCUT2D eigenvalue weighted by molar-refractivity contribution is -0.136. The van der Waals surface area contributed by atoms with Gasteiger partial charge in [-0.05, 0) is 26.0 Å². The molecule has 0 aliphatic carbocycles. The van der Waals surface area contributed by atoms with Crippen LogP contribution < -0.4 is 10.7 Å². The molecule has 0 aliphatic rings.